The number of aromatic nitrogens is 2. The lowest BCUT2D eigenvalue weighted by Crippen LogP contribution is -2.72. The molecular weight excluding hydrogens is 352 g/mol. The van der Waals surface area contributed by atoms with Crippen molar-refractivity contribution < 1.29 is 14.7 Å². The largest absolute Gasteiger partial charge is 0.481 e. The Morgan fingerprint density at radius 1 is 1.71 bits per heavy atom. The van der Waals surface area contributed by atoms with Crippen molar-refractivity contribution in [3.63, 3.8) is 0 Å². The lowest BCUT2D eigenvalue weighted by molar-refractivity contribution is -0.155. The zero-order chi connectivity index (χ0) is 15.2. The first-order valence-corrected chi connectivity index (χ1v) is 9.28. The maximum atomic E-state index is 11.7. The monoisotopic (exact) mass is 364 g/mol. The molecule has 114 valence electrons. The van der Waals surface area contributed by atoms with E-state index in [2.05, 4.69) is 10.2 Å². The molecule has 3 atom stereocenters. The maximum Gasteiger partial charge on any atom is 0.313 e. The van der Waals surface area contributed by atoms with E-state index in [1.165, 1.54) is 34.9 Å². The quantitative estimate of drug-likeness (QED) is 0.405. The number of β-lactam (4-membered cyclic amide) rings is 1. The zero-order valence-electron chi connectivity index (χ0n) is 10.6. The Balaban J connectivity index is 1.73. The van der Waals surface area contributed by atoms with Gasteiger partial charge in [-0.05, 0) is 12.2 Å². The predicted molar refractivity (Wildman–Crippen MR) is 84.0 cm³/mol. The number of amides is 1. The number of carboxylic acid groups (broad SMARTS) is 1. The lowest BCUT2D eigenvalue weighted by atomic mass is 9.89. The van der Waals surface area contributed by atoms with Crippen molar-refractivity contribution in [1.82, 2.24) is 15.1 Å². The number of aliphatic carboxylic acids is 1. The normalized spacial score (nSPS) is 31.7. The Hall–Kier alpha value is -0.620. The van der Waals surface area contributed by atoms with Crippen LogP contribution in [0, 0.1) is 9.37 Å². The van der Waals surface area contributed by atoms with Crippen LogP contribution in [0.5, 0.6) is 0 Å². The van der Waals surface area contributed by atoms with Gasteiger partial charge in [-0.25, -0.2) is 0 Å². The average Bonchev–Trinajstić information content (AvgIpc) is 2.89. The number of hydrogen-bond acceptors (Lipinski definition) is 8. The summed E-state index contributed by atoms with van der Waals surface area (Å²) in [6, 6.07) is -0.495. The molecule has 1 amide bonds. The topological polar surface area (TPSA) is 112 Å². The summed E-state index contributed by atoms with van der Waals surface area (Å²) in [5.41, 5.74) is 4.74. The number of rotatable bonds is 4. The highest BCUT2D eigenvalue weighted by Crippen LogP contribution is 2.43. The molecule has 2 aliphatic rings. The second kappa shape index (κ2) is 5.54. The Kier molecular flexibility index (Phi) is 4.03. The molecule has 3 rings (SSSR count). The second-order valence-corrected chi connectivity index (χ2v) is 8.94. The van der Waals surface area contributed by atoms with E-state index < -0.39 is 17.4 Å². The van der Waals surface area contributed by atoms with Crippen LogP contribution in [-0.4, -0.2) is 61.5 Å². The third kappa shape index (κ3) is 2.61. The Morgan fingerprint density at radius 3 is 3.10 bits per heavy atom. The second-order valence-electron chi connectivity index (χ2n) is 4.95. The van der Waals surface area contributed by atoms with Gasteiger partial charge in [-0.1, -0.05) is 23.1 Å². The highest BCUT2D eigenvalue weighted by molar-refractivity contribution is 8.01. The molecule has 4 N–H and O–H groups in total. The minimum Gasteiger partial charge on any atom is -0.481 e. The van der Waals surface area contributed by atoms with Crippen LogP contribution < -0.4 is 5.73 Å². The molecule has 0 radical (unpaired) electrons. The van der Waals surface area contributed by atoms with Crippen molar-refractivity contribution in [2.75, 3.05) is 18.1 Å². The molecule has 0 aliphatic carbocycles. The van der Waals surface area contributed by atoms with Crippen LogP contribution >= 0.6 is 47.1 Å². The van der Waals surface area contributed by atoms with Crippen LogP contribution in [0.15, 0.2) is 4.34 Å². The molecule has 1 aromatic heterocycles. The fourth-order valence-electron chi connectivity index (χ4n) is 2.28. The van der Waals surface area contributed by atoms with Crippen molar-refractivity contribution in [2.24, 2.45) is 11.1 Å². The summed E-state index contributed by atoms with van der Waals surface area (Å²) in [5, 5.41) is 16.2. The minimum atomic E-state index is -0.977. The fourth-order valence-corrected chi connectivity index (χ4v) is 6.17. The van der Waals surface area contributed by atoms with Crippen molar-refractivity contribution in [3.05, 3.63) is 3.95 Å². The standard InChI is InChI=1S/C10H12N4O3S4/c11-4-5(15)14-1-10(7(16)17,2-19-6(4)14)3-20-9-13-12-8(18)21-9/h4,6H,1-3,11H2,(H,12,18)(H,16,17)/t4?,6-,10?/m1/s1. The van der Waals surface area contributed by atoms with Crippen LogP contribution in [0.2, 0.25) is 0 Å². The molecule has 3 heterocycles. The number of carboxylic acids is 1. The van der Waals surface area contributed by atoms with E-state index in [4.69, 9.17) is 18.0 Å². The van der Waals surface area contributed by atoms with Crippen LogP contribution in [0.4, 0.5) is 0 Å². The van der Waals surface area contributed by atoms with Crippen molar-refractivity contribution in [3.8, 4) is 0 Å². The highest BCUT2D eigenvalue weighted by atomic mass is 32.2. The summed E-state index contributed by atoms with van der Waals surface area (Å²) >= 11 is 9.06. The smallest absolute Gasteiger partial charge is 0.313 e. The van der Waals surface area contributed by atoms with Crippen LogP contribution in [0.3, 0.4) is 0 Å². The first-order chi connectivity index (χ1) is 9.93. The summed E-state index contributed by atoms with van der Waals surface area (Å²) in [7, 11) is 0. The first-order valence-electron chi connectivity index (χ1n) is 6.02. The minimum absolute atomic E-state index is 0.0811. The first kappa shape index (κ1) is 15.3. The van der Waals surface area contributed by atoms with Crippen molar-refractivity contribution >= 4 is 59.0 Å². The van der Waals surface area contributed by atoms with Gasteiger partial charge in [0.25, 0.3) is 0 Å². The van der Waals surface area contributed by atoms with Gasteiger partial charge in [0, 0.05) is 18.1 Å². The number of fused-ring (bicyclic) bond motifs is 1. The van der Waals surface area contributed by atoms with Gasteiger partial charge in [0.15, 0.2) is 8.29 Å². The van der Waals surface area contributed by atoms with Gasteiger partial charge in [0.1, 0.15) is 16.8 Å². The van der Waals surface area contributed by atoms with Crippen LogP contribution in [-0.2, 0) is 9.59 Å². The van der Waals surface area contributed by atoms with E-state index in [1.807, 2.05) is 0 Å². The summed E-state index contributed by atoms with van der Waals surface area (Å²) < 4.78 is 1.27. The van der Waals surface area contributed by atoms with Gasteiger partial charge in [-0.2, -0.15) is 5.10 Å². The molecule has 7 nitrogen and oxygen atoms in total. The molecule has 0 aromatic carbocycles. The van der Waals surface area contributed by atoms with Gasteiger partial charge in [-0.3, -0.25) is 14.7 Å². The number of aromatic amines is 1. The molecule has 11 heteroatoms. The van der Waals surface area contributed by atoms with E-state index in [9.17, 15) is 14.7 Å². The number of H-pyrrole nitrogens is 1. The van der Waals surface area contributed by atoms with E-state index in [1.54, 1.807) is 4.90 Å². The summed E-state index contributed by atoms with van der Waals surface area (Å²) in [5.74, 6) is -0.281. The number of carbonyl (C=O) groups excluding carboxylic acids is 1. The van der Waals surface area contributed by atoms with Gasteiger partial charge in [0.2, 0.25) is 5.91 Å². The molecule has 0 saturated carbocycles. The summed E-state index contributed by atoms with van der Waals surface area (Å²) in [4.78, 5) is 25.0. The molecule has 2 fully saturated rings. The van der Waals surface area contributed by atoms with Crippen molar-refractivity contribution in [1.29, 1.82) is 0 Å². The third-order valence-electron chi connectivity index (χ3n) is 3.53. The predicted octanol–water partition coefficient (Wildman–Crippen LogP) is 0.606. The zero-order valence-corrected chi connectivity index (χ0v) is 13.9. The molecule has 0 spiro atoms. The molecule has 0 bridgehead atoms. The van der Waals surface area contributed by atoms with E-state index in [0.717, 1.165) is 0 Å². The third-order valence-corrected chi connectivity index (χ3v) is 7.66. The molecule has 21 heavy (non-hydrogen) atoms. The highest BCUT2D eigenvalue weighted by Gasteiger charge is 2.55. The van der Waals surface area contributed by atoms with E-state index in [0.29, 0.717) is 19.8 Å². The van der Waals surface area contributed by atoms with Gasteiger partial charge in [0.05, 0.1) is 0 Å². The number of nitrogens with zero attached hydrogens (tertiary/aromatic N) is 2. The average molecular weight is 364 g/mol. The molecular formula is C10H12N4O3S4. The number of thioether (sulfide) groups is 2. The number of hydrogen-bond donors (Lipinski definition) is 3. The Labute approximate surface area is 137 Å². The van der Waals surface area contributed by atoms with Gasteiger partial charge >= 0.3 is 5.97 Å². The number of carbonyl (C=O) groups is 2. The van der Waals surface area contributed by atoms with Gasteiger partial charge < -0.3 is 15.7 Å². The fraction of sp³-hybridized carbons (Fsp3) is 0.600. The van der Waals surface area contributed by atoms with E-state index >= 15 is 0 Å². The number of nitrogens with two attached hydrogens (primary N) is 1. The van der Waals surface area contributed by atoms with Crippen LogP contribution in [0.1, 0.15) is 0 Å². The number of nitrogens with one attached hydrogen (secondary N) is 1. The van der Waals surface area contributed by atoms with E-state index in [-0.39, 0.29) is 17.8 Å². The van der Waals surface area contributed by atoms with Crippen LogP contribution in [0.25, 0.3) is 0 Å². The molecule has 2 unspecified atom stereocenters. The summed E-state index contributed by atoms with van der Waals surface area (Å²) in [6.45, 7) is 0.204. The lowest BCUT2D eigenvalue weighted by Gasteiger charge is -2.52. The van der Waals surface area contributed by atoms with Gasteiger partial charge in [-0.15, -0.1) is 11.8 Å². The molecule has 2 aliphatic heterocycles. The Bertz CT molecular complexity index is 646. The molecule has 2 saturated heterocycles. The Morgan fingerprint density at radius 2 is 2.48 bits per heavy atom. The maximum absolute atomic E-state index is 11.7. The van der Waals surface area contributed by atoms with Crippen molar-refractivity contribution in [2.45, 2.75) is 15.8 Å². The molecule has 1 aromatic rings. The summed E-state index contributed by atoms with van der Waals surface area (Å²) in [6.07, 6.45) is 0. The SMILES string of the molecule is NC1C(=O)N2CC(CSc3n[nH]c(=S)s3)(C(=O)O)CS[C@H]12.